The number of carbonyl (C=O) groups excluding carboxylic acids is 1. The molecule has 1 aliphatic rings. The predicted molar refractivity (Wildman–Crippen MR) is 93.6 cm³/mol. The minimum Gasteiger partial charge on any atom is -0.391 e. The van der Waals surface area contributed by atoms with Crippen molar-refractivity contribution in [3.63, 3.8) is 0 Å². The van der Waals surface area contributed by atoms with E-state index in [0.29, 0.717) is 17.9 Å². The van der Waals surface area contributed by atoms with E-state index in [4.69, 9.17) is 17.3 Å². The van der Waals surface area contributed by atoms with Gasteiger partial charge in [-0.3, -0.25) is 4.79 Å². The Labute approximate surface area is 152 Å². The van der Waals surface area contributed by atoms with Gasteiger partial charge < -0.3 is 16.2 Å². The van der Waals surface area contributed by atoms with E-state index in [1.54, 1.807) is 0 Å². The molecular formula is C14H21Cl2N3O4S. The van der Waals surface area contributed by atoms with Gasteiger partial charge in [-0.1, -0.05) is 11.6 Å². The Morgan fingerprint density at radius 3 is 2.42 bits per heavy atom. The van der Waals surface area contributed by atoms with E-state index in [1.807, 2.05) is 0 Å². The molecule has 1 amide bonds. The van der Waals surface area contributed by atoms with Crippen molar-refractivity contribution < 1.29 is 18.3 Å². The number of sulfonamides is 1. The molecule has 2 rings (SSSR count). The number of aliphatic hydroxyl groups is 1. The van der Waals surface area contributed by atoms with Crippen molar-refractivity contribution >= 4 is 39.9 Å². The standard InChI is InChI=1S/C14H20ClN3O4S.ClH/c15-10-1-3-11(4-2-10)23(21,22)18-6-5-17-14(20)9-7-12(16)13(19)8-9;/h1-4,9,12-13,18-19H,5-8,16H2,(H,17,20);1H/t9-,12+,13+;/m0./s1. The zero-order valence-corrected chi connectivity index (χ0v) is 15.2. The third-order valence-electron chi connectivity index (χ3n) is 3.79. The first-order valence-corrected chi connectivity index (χ1v) is 9.12. The minimum atomic E-state index is -3.63. The van der Waals surface area contributed by atoms with Crippen LogP contribution in [0.4, 0.5) is 0 Å². The molecule has 1 aliphatic carbocycles. The molecule has 0 aliphatic heterocycles. The molecule has 136 valence electrons. The van der Waals surface area contributed by atoms with E-state index < -0.39 is 16.1 Å². The van der Waals surface area contributed by atoms with Crippen molar-refractivity contribution in [1.82, 2.24) is 10.0 Å². The lowest BCUT2D eigenvalue weighted by atomic mass is 10.1. The van der Waals surface area contributed by atoms with Gasteiger partial charge in [-0.25, -0.2) is 13.1 Å². The van der Waals surface area contributed by atoms with E-state index in [0.717, 1.165) is 0 Å². The van der Waals surface area contributed by atoms with Crippen LogP contribution in [0.15, 0.2) is 29.2 Å². The van der Waals surface area contributed by atoms with E-state index in [-0.39, 0.29) is 48.3 Å². The van der Waals surface area contributed by atoms with Gasteiger partial charge in [0.15, 0.2) is 0 Å². The van der Waals surface area contributed by atoms with Crippen LogP contribution in [-0.4, -0.2) is 44.7 Å². The van der Waals surface area contributed by atoms with Crippen LogP contribution in [0.25, 0.3) is 0 Å². The molecule has 0 unspecified atom stereocenters. The van der Waals surface area contributed by atoms with Gasteiger partial charge in [-0.05, 0) is 37.1 Å². The molecule has 0 heterocycles. The van der Waals surface area contributed by atoms with Crippen LogP contribution < -0.4 is 15.8 Å². The van der Waals surface area contributed by atoms with Gasteiger partial charge in [0, 0.05) is 30.1 Å². The molecule has 1 aromatic rings. The Hall–Kier alpha value is -0.900. The van der Waals surface area contributed by atoms with Gasteiger partial charge in [0.25, 0.3) is 0 Å². The molecule has 24 heavy (non-hydrogen) atoms. The van der Waals surface area contributed by atoms with E-state index in [9.17, 15) is 18.3 Å². The summed E-state index contributed by atoms with van der Waals surface area (Å²) in [6.07, 6.45) is 0.113. The fraction of sp³-hybridized carbons (Fsp3) is 0.500. The van der Waals surface area contributed by atoms with Crippen LogP contribution in [0, 0.1) is 5.92 Å². The number of amides is 1. The summed E-state index contributed by atoms with van der Waals surface area (Å²) in [5, 5.41) is 12.6. The summed E-state index contributed by atoms with van der Waals surface area (Å²) < 4.78 is 26.4. The number of halogens is 2. The lowest BCUT2D eigenvalue weighted by Crippen LogP contribution is -2.37. The molecule has 10 heteroatoms. The third kappa shape index (κ3) is 5.58. The number of carbonyl (C=O) groups is 1. The summed E-state index contributed by atoms with van der Waals surface area (Å²) in [4.78, 5) is 12.0. The number of rotatable bonds is 6. The first kappa shape index (κ1) is 21.1. The zero-order chi connectivity index (χ0) is 17.0. The lowest BCUT2D eigenvalue weighted by molar-refractivity contribution is -0.125. The van der Waals surface area contributed by atoms with Crippen LogP contribution in [-0.2, 0) is 14.8 Å². The van der Waals surface area contributed by atoms with Crippen LogP contribution in [0.3, 0.4) is 0 Å². The fourth-order valence-electron chi connectivity index (χ4n) is 2.47. The number of nitrogens with two attached hydrogens (primary N) is 1. The molecule has 0 saturated heterocycles. The highest BCUT2D eigenvalue weighted by Crippen LogP contribution is 2.24. The molecule has 5 N–H and O–H groups in total. The normalized spacial score (nSPS) is 23.5. The maximum Gasteiger partial charge on any atom is 0.240 e. The maximum atomic E-state index is 12.0. The van der Waals surface area contributed by atoms with Crippen molar-refractivity contribution in [3.05, 3.63) is 29.3 Å². The average Bonchev–Trinajstić information content (AvgIpc) is 2.83. The van der Waals surface area contributed by atoms with Gasteiger partial charge in [-0.2, -0.15) is 0 Å². The molecule has 3 atom stereocenters. The van der Waals surface area contributed by atoms with Crippen molar-refractivity contribution in [2.45, 2.75) is 29.9 Å². The Morgan fingerprint density at radius 1 is 1.25 bits per heavy atom. The Balaban J connectivity index is 0.00000288. The van der Waals surface area contributed by atoms with Gasteiger partial charge in [-0.15, -0.1) is 12.4 Å². The van der Waals surface area contributed by atoms with Gasteiger partial charge in [0.05, 0.1) is 11.0 Å². The molecule has 0 aromatic heterocycles. The topological polar surface area (TPSA) is 122 Å². The second-order valence-electron chi connectivity index (χ2n) is 5.54. The summed E-state index contributed by atoms with van der Waals surface area (Å²) >= 11 is 5.72. The second-order valence-corrected chi connectivity index (χ2v) is 7.75. The molecule has 0 spiro atoms. The molecule has 1 aromatic carbocycles. The van der Waals surface area contributed by atoms with Gasteiger partial charge in [0.2, 0.25) is 15.9 Å². The first-order valence-electron chi connectivity index (χ1n) is 7.26. The average molecular weight is 398 g/mol. The second kappa shape index (κ2) is 8.98. The first-order chi connectivity index (χ1) is 10.8. The SMILES string of the molecule is Cl.N[C@@H]1C[C@H](C(=O)NCCNS(=O)(=O)c2ccc(Cl)cc2)C[C@H]1O. The van der Waals surface area contributed by atoms with Crippen LogP contribution in [0.2, 0.25) is 5.02 Å². The van der Waals surface area contributed by atoms with E-state index >= 15 is 0 Å². The Bertz CT molecular complexity index is 644. The highest BCUT2D eigenvalue weighted by molar-refractivity contribution is 7.89. The quantitative estimate of drug-likeness (QED) is 0.512. The molecular weight excluding hydrogens is 377 g/mol. The smallest absolute Gasteiger partial charge is 0.240 e. The summed E-state index contributed by atoms with van der Waals surface area (Å²) in [6.45, 7) is 0.228. The third-order valence-corrected chi connectivity index (χ3v) is 5.52. The Kier molecular flexibility index (Phi) is 7.91. The number of aliphatic hydroxyl groups excluding tert-OH is 1. The maximum absolute atomic E-state index is 12.0. The highest BCUT2D eigenvalue weighted by atomic mass is 35.5. The largest absolute Gasteiger partial charge is 0.391 e. The summed E-state index contributed by atoms with van der Waals surface area (Å²) in [6, 6.07) is 5.42. The summed E-state index contributed by atoms with van der Waals surface area (Å²) in [5.41, 5.74) is 5.66. The van der Waals surface area contributed by atoms with Crippen molar-refractivity contribution in [3.8, 4) is 0 Å². The van der Waals surface area contributed by atoms with Crippen molar-refractivity contribution in [1.29, 1.82) is 0 Å². The number of benzene rings is 1. The molecule has 0 bridgehead atoms. The molecule has 0 radical (unpaired) electrons. The fourth-order valence-corrected chi connectivity index (χ4v) is 3.63. The van der Waals surface area contributed by atoms with Crippen LogP contribution in [0.5, 0.6) is 0 Å². The van der Waals surface area contributed by atoms with Crippen molar-refractivity contribution in [2.24, 2.45) is 11.7 Å². The van der Waals surface area contributed by atoms with Gasteiger partial charge in [0.1, 0.15) is 0 Å². The monoisotopic (exact) mass is 397 g/mol. The van der Waals surface area contributed by atoms with Crippen LogP contribution in [0.1, 0.15) is 12.8 Å². The summed E-state index contributed by atoms with van der Waals surface area (Å²) in [7, 11) is -3.63. The number of hydrogen-bond donors (Lipinski definition) is 4. The number of nitrogens with one attached hydrogen (secondary N) is 2. The predicted octanol–water partition coefficient (Wildman–Crippen LogP) is 0.255. The summed E-state index contributed by atoms with van der Waals surface area (Å²) in [5.74, 6) is -0.546. The minimum absolute atomic E-state index is 0. The molecule has 7 nitrogen and oxygen atoms in total. The van der Waals surface area contributed by atoms with E-state index in [1.165, 1.54) is 24.3 Å². The van der Waals surface area contributed by atoms with Crippen molar-refractivity contribution in [2.75, 3.05) is 13.1 Å². The zero-order valence-electron chi connectivity index (χ0n) is 12.8. The van der Waals surface area contributed by atoms with Gasteiger partial charge >= 0.3 is 0 Å². The Morgan fingerprint density at radius 2 is 1.88 bits per heavy atom. The lowest BCUT2D eigenvalue weighted by Gasteiger charge is -2.11. The molecule has 1 fully saturated rings. The van der Waals surface area contributed by atoms with Crippen LogP contribution >= 0.6 is 24.0 Å². The number of hydrogen-bond acceptors (Lipinski definition) is 5. The van der Waals surface area contributed by atoms with E-state index in [2.05, 4.69) is 10.0 Å². The highest BCUT2D eigenvalue weighted by Gasteiger charge is 2.34. The molecule has 1 saturated carbocycles.